The smallest absolute Gasteiger partial charge is 0.224 e. The first-order valence-electron chi connectivity index (χ1n) is 15.1. The van der Waals surface area contributed by atoms with Gasteiger partial charge >= 0.3 is 0 Å². The molecule has 7 heteroatoms. The predicted octanol–water partition coefficient (Wildman–Crippen LogP) is 6.09. The maximum Gasteiger partial charge on any atom is 0.224 e. The molecule has 1 aliphatic carbocycles. The topological polar surface area (TPSA) is 92.3 Å². The Bertz CT molecular complexity index is 979. The second kappa shape index (κ2) is 15.8. The van der Waals surface area contributed by atoms with E-state index in [0.29, 0.717) is 18.3 Å². The summed E-state index contributed by atoms with van der Waals surface area (Å²) in [7, 11) is -3.50. The van der Waals surface area contributed by atoms with E-state index in [2.05, 4.69) is 24.5 Å². The highest BCUT2D eigenvalue weighted by molar-refractivity contribution is 7.92. The molecule has 6 nitrogen and oxygen atoms in total. The lowest BCUT2D eigenvalue weighted by Crippen LogP contribution is -2.45. The maximum absolute atomic E-state index is 13.3. The molecule has 1 aliphatic rings. The van der Waals surface area contributed by atoms with E-state index in [4.69, 9.17) is 0 Å². The van der Waals surface area contributed by atoms with Crippen molar-refractivity contribution in [3.05, 3.63) is 35.9 Å². The predicted molar refractivity (Wildman–Crippen MR) is 161 cm³/mol. The molecule has 3 atom stereocenters. The molecule has 39 heavy (non-hydrogen) atoms. The van der Waals surface area contributed by atoms with Crippen molar-refractivity contribution in [2.24, 2.45) is 23.7 Å². The van der Waals surface area contributed by atoms with E-state index >= 15 is 0 Å². The Kier molecular flexibility index (Phi) is 13.5. The molecule has 1 saturated carbocycles. The van der Waals surface area contributed by atoms with Gasteiger partial charge in [-0.1, -0.05) is 96.0 Å². The van der Waals surface area contributed by atoms with Crippen molar-refractivity contribution >= 4 is 21.7 Å². The van der Waals surface area contributed by atoms with Gasteiger partial charge in [-0.25, -0.2) is 8.42 Å². The van der Waals surface area contributed by atoms with Crippen LogP contribution in [0.25, 0.3) is 0 Å². The second-order valence-electron chi connectivity index (χ2n) is 13.2. The fraction of sp³-hybridized carbons (Fsp3) is 0.750. The van der Waals surface area contributed by atoms with Crippen LogP contribution in [0.2, 0.25) is 0 Å². The van der Waals surface area contributed by atoms with Crippen LogP contribution < -0.4 is 10.6 Å². The van der Waals surface area contributed by atoms with E-state index in [1.54, 1.807) is 20.8 Å². The lowest BCUT2D eigenvalue weighted by atomic mass is 9.83. The summed E-state index contributed by atoms with van der Waals surface area (Å²) in [5, 5.41) is 6.21. The van der Waals surface area contributed by atoms with Gasteiger partial charge in [-0.05, 0) is 57.4 Å². The average molecular weight is 563 g/mol. The average Bonchev–Trinajstić information content (AvgIpc) is 2.86. The number of carbonyl (C=O) groups is 2. The van der Waals surface area contributed by atoms with Crippen LogP contribution in [0.5, 0.6) is 0 Å². The molecule has 1 aromatic rings. The van der Waals surface area contributed by atoms with Gasteiger partial charge in [0, 0.05) is 12.6 Å². The fourth-order valence-electron chi connectivity index (χ4n) is 5.32. The Morgan fingerprint density at radius 3 is 2.18 bits per heavy atom. The number of benzene rings is 1. The second-order valence-corrected chi connectivity index (χ2v) is 16.0. The van der Waals surface area contributed by atoms with Gasteiger partial charge in [0.15, 0.2) is 9.84 Å². The molecule has 0 radical (unpaired) electrons. The highest BCUT2D eigenvalue weighted by atomic mass is 32.2. The molecular weight excluding hydrogens is 508 g/mol. The Labute approximate surface area is 238 Å². The van der Waals surface area contributed by atoms with Gasteiger partial charge in [0.1, 0.15) is 0 Å². The van der Waals surface area contributed by atoms with Gasteiger partial charge in [-0.15, -0.1) is 0 Å². The molecule has 222 valence electrons. The van der Waals surface area contributed by atoms with E-state index in [1.807, 2.05) is 37.3 Å². The monoisotopic (exact) mass is 562 g/mol. The third kappa shape index (κ3) is 12.0. The van der Waals surface area contributed by atoms with E-state index < -0.39 is 26.4 Å². The van der Waals surface area contributed by atoms with Crippen LogP contribution in [0.15, 0.2) is 30.3 Å². The van der Waals surface area contributed by atoms with Crippen LogP contribution in [-0.2, 0) is 25.8 Å². The van der Waals surface area contributed by atoms with Crippen LogP contribution in [0.3, 0.4) is 0 Å². The zero-order chi connectivity index (χ0) is 29.1. The highest BCUT2D eigenvalue weighted by Crippen LogP contribution is 2.29. The van der Waals surface area contributed by atoms with Crippen molar-refractivity contribution in [3.63, 3.8) is 0 Å². The highest BCUT2D eigenvalue weighted by Gasteiger charge is 2.34. The summed E-state index contributed by atoms with van der Waals surface area (Å²) in [4.78, 5) is 26.4. The summed E-state index contributed by atoms with van der Waals surface area (Å²) < 4.78 is 25.0. The Hall–Kier alpha value is -1.89. The van der Waals surface area contributed by atoms with Crippen molar-refractivity contribution in [2.75, 3.05) is 12.3 Å². The van der Waals surface area contributed by atoms with E-state index in [0.717, 1.165) is 31.2 Å². The Morgan fingerprint density at radius 2 is 1.59 bits per heavy atom. The van der Waals surface area contributed by atoms with Crippen LogP contribution in [0.1, 0.15) is 105 Å². The van der Waals surface area contributed by atoms with Crippen molar-refractivity contribution in [1.29, 1.82) is 0 Å². The SMILES string of the molecule is CC(C)CCC[C@@H](CC1CCCCC1)NC(=O)[C@@H](C)CNC(=O)C(Cc1ccccc1)CS(=O)(=O)C(C)(C)C. The Balaban J connectivity index is 2.00. The van der Waals surface area contributed by atoms with E-state index in [-0.39, 0.29) is 30.2 Å². The molecule has 2 N–H and O–H groups in total. The van der Waals surface area contributed by atoms with Crippen molar-refractivity contribution in [3.8, 4) is 0 Å². The van der Waals surface area contributed by atoms with Gasteiger partial charge < -0.3 is 10.6 Å². The molecule has 1 fully saturated rings. The minimum Gasteiger partial charge on any atom is -0.355 e. The molecule has 1 unspecified atom stereocenters. The van der Waals surface area contributed by atoms with Crippen molar-refractivity contribution in [1.82, 2.24) is 10.6 Å². The molecule has 0 heterocycles. The summed E-state index contributed by atoms with van der Waals surface area (Å²) in [5.41, 5.74) is 0.916. The van der Waals surface area contributed by atoms with Gasteiger partial charge in [-0.3, -0.25) is 9.59 Å². The zero-order valence-electron chi connectivity index (χ0n) is 25.3. The van der Waals surface area contributed by atoms with Crippen LogP contribution in [-0.4, -0.2) is 43.3 Å². The van der Waals surface area contributed by atoms with E-state index in [9.17, 15) is 18.0 Å². The number of sulfone groups is 1. The molecule has 1 aromatic carbocycles. The zero-order valence-corrected chi connectivity index (χ0v) is 26.1. The normalized spacial score (nSPS) is 17.4. The number of hydrogen-bond donors (Lipinski definition) is 2. The summed E-state index contributed by atoms with van der Waals surface area (Å²) in [6.45, 7) is 11.5. The van der Waals surface area contributed by atoms with Gasteiger partial charge in [0.25, 0.3) is 0 Å². The Morgan fingerprint density at radius 1 is 0.949 bits per heavy atom. The van der Waals surface area contributed by atoms with Crippen LogP contribution >= 0.6 is 0 Å². The summed E-state index contributed by atoms with van der Waals surface area (Å²) in [6.07, 6.45) is 11.0. The third-order valence-electron chi connectivity index (χ3n) is 8.10. The fourth-order valence-corrected chi connectivity index (χ4v) is 6.62. The first-order chi connectivity index (χ1) is 18.3. The summed E-state index contributed by atoms with van der Waals surface area (Å²) in [5.74, 6) is -0.370. The number of carbonyl (C=O) groups excluding carboxylic acids is 2. The molecule has 0 aromatic heterocycles. The van der Waals surface area contributed by atoms with Crippen molar-refractivity contribution in [2.45, 2.75) is 117 Å². The number of hydrogen-bond acceptors (Lipinski definition) is 4. The van der Waals surface area contributed by atoms with Crippen LogP contribution in [0, 0.1) is 23.7 Å². The molecule has 2 amide bonds. The van der Waals surface area contributed by atoms with Crippen molar-refractivity contribution < 1.29 is 18.0 Å². The van der Waals surface area contributed by atoms with E-state index in [1.165, 1.54) is 32.1 Å². The minimum atomic E-state index is -3.50. The maximum atomic E-state index is 13.3. The van der Waals surface area contributed by atoms with Crippen LogP contribution in [0.4, 0.5) is 0 Å². The largest absolute Gasteiger partial charge is 0.355 e. The molecular formula is C32H54N2O4S. The summed E-state index contributed by atoms with van der Waals surface area (Å²) >= 11 is 0. The lowest BCUT2D eigenvalue weighted by Gasteiger charge is -2.28. The molecule has 0 bridgehead atoms. The first-order valence-corrected chi connectivity index (χ1v) is 16.8. The molecule has 0 spiro atoms. The first kappa shape index (κ1) is 33.3. The summed E-state index contributed by atoms with van der Waals surface area (Å²) in [6, 6.07) is 9.66. The number of nitrogens with one attached hydrogen (secondary N) is 2. The molecule has 0 aliphatic heterocycles. The van der Waals surface area contributed by atoms with Gasteiger partial charge in [0.2, 0.25) is 11.8 Å². The van der Waals surface area contributed by atoms with Gasteiger partial charge in [-0.2, -0.15) is 0 Å². The molecule has 0 saturated heterocycles. The minimum absolute atomic E-state index is 0.0393. The lowest BCUT2D eigenvalue weighted by molar-refractivity contribution is -0.127. The quantitative estimate of drug-likeness (QED) is 0.270. The number of amides is 2. The molecule has 2 rings (SSSR count). The number of rotatable bonds is 15. The third-order valence-corrected chi connectivity index (χ3v) is 10.8. The standard InChI is InChI=1S/C32H54N2O4S/c1-24(2)14-13-19-29(21-27-17-11-8-12-18-27)34-30(35)25(3)22-33-31(36)28(20-26-15-9-7-10-16-26)23-39(37,38)32(4,5)6/h7,9-10,15-16,24-25,27-29H,8,11-14,17-23H2,1-6H3,(H,33,36)(H,34,35)/t25-,28?,29-/m0/s1. The van der Waals surface area contributed by atoms with Gasteiger partial charge in [0.05, 0.1) is 22.3 Å².